The van der Waals surface area contributed by atoms with Gasteiger partial charge in [0, 0.05) is 5.02 Å². The van der Waals surface area contributed by atoms with Gasteiger partial charge in [0.15, 0.2) is 3.67 Å². The van der Waals surface area contributed by atoms with E-state index in [9.17, 15) is 4.79 Å². The van der Waals surface area contributed by atoms with Gasteiger partial charge < -0.3 is 0 Å². The molecule has 1 aliphatic rings. The Morgan fingerprint density at radius 2 is 1.94 bits per heavy atom. The number of nitrogens with zero attached hydrogens (tertiary/aromatic N) is 1. The second-order valence-electron chi connectivity index (χ2n) is 3.46. The average molecular weight is 297 g/mol. The van der Waals surface area contributed by atoms with Crippen LogP contribution in [0.3, 0.4) is 0 Å². The van der Waals surface area contributed by atoms with E-state index in [0.29, 0.717) is 11.6 Å². The van der Waals surface area contributed by atoms with Gasteiger partial charge in [0.1, 0.15) is 0 Å². The van der Waals surface area contributed by atoms with Crippen LogP contribution >= 0.6 is 46.8 Å². The largest absolute Gasteiger partial charge is 0.279 e. The van der Waals surface area contributed by atoms with Crippen LogP contribution in [0.4, 0.5) is 0 Å². The monoisotopic (exact) mass is 295 g/mol. The molecule has 0 N–H and O–H groups in total. The maximum atomic E-state index is 11.6. The van der Waals surface area contributed by atoms with Gasteiger partial charge in [-0.15, -0.1) is 0 Å². The fourth-order valence-corrected chi connectivity index (χ4v) is 3.13. The minimum absolute atomic E-state index is 0.0510. The molecule has 0 atom stereocenters. The van der Waals surface area contributed by atoms with Crippen LogP contribution in [0.25, 0.3) is 0 Å². The number of amides is 1. The molecule has 0 aromatic heterocycles. The van der Waals surface area contributed by atoms with E-state index >= 15 is 0 Å². The van der Waals surface area contributed by atoms with Crippen molar-refractivity contribution in [3.63, 3.8) is 0 Å². The summed E-state index contributed by atoms with van der Waals surface area (Å²) in [5.41, 5.74) is 0.997. The van der Waals surface area contributed by atoms with E-state index < -0.39 is 3.67 Å². The first-order chi connectivity index (χ1) is 7.46. The standard InChI is InChI=1S/C10H8Cl3NOS/c11-8-3-1-7(2-4-8)6-14-9(15)5-10(12,13)16-14/h1-4H,5-6H2. The van der Waals surface area contributed by atoms with Gasteiger partial charge in [-0.05, 0) is 29.6 Å². The number of hydrogen-bond donors (Lipinski definition) is 0. The third-order valence-corrected chi connectivity index (χ3v) is 4.02. The molecule has 1 saturated heterocycles. The first-order valence-electron chi connectivity index (χ1n) is 4.58. The Morgan fingerprint density at radius 3 is 2.44 bits per heavy atom. The summed E-state index contributed by atoms with van der Waals surface area (Å²) in [5, 5.41) is 0.674. The van der Waals surface area contributed by atoms with Crippen molar-refractivity contribution in [3.8, 4) is 0 Å². The zero-order valence-corrected chi connectivity index (χ0v) is 11.2. The molecule has 0 bridgehead atoms. The average Bonchev–Trinajstić information content (AvgIpc) is 2.44. The summed E-state index contributed by atoms with van der Waals surface area (Å²) >= 11 is 18.7. The number of halogens is 3. The Morgan fingerprint density at radius 1 is 1.31 bits per heavy atom. The Labute approximate surface area is 113 Å². The lowest BCUT2D eigenvalue weighted by Gasteiger charge is -2.15. The molecule has 1 aliphatic heterocycles. The summed E-state index contributed by atoms with van der Waals surface area (Å²) in [4.78, 5) is 11.6. The molecule has 16 heavy (non-hydrogen) atoms. The van der Waals surface area contributed by atoms with Gasteiger partial charge in [0.25, 0.3) is 0 Å². The minimum Gasteiger partial charge on any atom is -0.279 e. The van der Waals surface area contributed by atoms with Crippen molar-refractivity contribution >= 4 is 52.7 Å². The molecule has 1 aromatic rings. The summed E-state index contributed by atoms with van der Waals surface area (Å²) in [6.07, 6.45) is 0.147. The van der Waals surface area contributed by atoms with E-state index in [0.717, 1.165) is 17.5 Å². The molecule has 1 amide bonds. The van der Waals surface area contributed by atoms with Crippen molar-refractivity contribution in [1.29, 1.82) is 0 Å². The van der Waals surface area contributed by atoms with Gasteiger partial charge in [-0.25, -0.2) is 0 Å². The lowest BCUT2D eigenvalue weighted by molar-refractivity contribution is -0.125. The van der Waals surface area contributed by atoms with Crippen molar-refractivity contribution in [3.05, 3.63) is 34.9 Å². The lowest BCUT2D eigenvalue weighted by Crippen LogP contribution is -2.17. The van der Waals surface area contributed by atoms with Gasteiger partial charge in [-0.3, -0.25) is 9.10 Å². The molecule has 0 aliphatic carbocycles. The van der Waals surface area contributed by atoms with E-state index in [1.807, 2.05) is 12.1 Å². The SMILES string of the molecule is O=C1CC(Cl)(Cl)SN1Cc1ccc(Cl)cc1. The zero-order valence-electron chi connectivity index (χ0n) is 8.12. The van der Waals surface area contributed by atoms with Crippen molar-refractivity contribution < 1.29 is 4.79 Å². The molecule has 0 unspecified atom stereocenters. The molecule has 1 aromatic carbocycles. The summed E-state index contributed by atoms with van der Waals surface area (Å²) in [6.45, 7) is 0.488. The predicted molar refractivity (Wildman–Crippen MR) is 68.6 cm³/mol. The maximum Gasteiger partial charge on any atom is 0.236 e. The topological polar surface area (TPSA) is 20.3 Å². The van der Waals surface area contributed by atoms with Crippen molar-refractivity contribution in [2.75, 3.05) is 0 Å². The fraction of sp³-hybridized carbons (Fsp3) is 0.300. The van der Waals surface area contributed by atoms with Crippen LogP contribution in [0, 0.1) is 0 Å². The second-order valence-corrected chi connectivity index (χ2v) is 7.15. The molecule has 6 heteroatoms. The minimum atomic E-state index is -1.02. The summed E-state index contributed by atoms with van der Waals surface area (Å²) in [7, 11) is 0. The van der Waals surface area contributed by atoms with Crippen LogP contribution < -0.4 is 0 Å². The maximum absolute atomic E-state index is 11.6. The smallest absolute Gasteiger partial charge is 0.236 e. The predicted octanol–water partition coefficient (Wildman–Crippen LogP) is 3.85. The van der Waals surface area contributed by atoms with Crippen molar-refractivity contribution in [2.45, 2.75) is 16.6 Å². The van der Waals surface area contributed by atoms with Gasteiger partial charge in [0.2, 0.25) is 5.91 Å². The van der Waals surface area contributed by atoms with E-state index in [4.69, 9.17) is 34.8 Å². The Balaban J connectivity index is 2.06. The van der Waals surface area contributed by atoms with Crippen molar-refractivity contribution in [2.24, 2.45) is 0 Å². The van der Waals surface area contributed by atoms with Crippen LogP contribution in [0.1, 0.15) is 12.0 Å². The molecule has 2 nitrogen and oxygen atoms in total. The zero-order chi connectivity index (χ0) is 11.8. The first-order valence-corrected chi connectivity index (χ1v) is 6.49. The number of carbonyl (C=O) groups excluding carboxylic acids is 1. The number of rotatable bonds is 2. The third-order valence-electron chi connectivity index (χ3n) is 2.12. The van der Waals surface area contributed by atoms with Crippen LogP contribution in [0.5, 0.6) is 0 Å². The van der Waals surface area contributed by atoms with Crippen LogP contribution in [-0.4, -0.2) is 13.9 Å². The Hall–Kier alpha value is -0.0900. The molecule has 1 fully saturated rings. The summed E-state index contributed by atoms with van der Waals surface area (Å²) in [6, 6.07) is 7.32. The Bertz CT molecular complexity index is 407. The molecule has 0 spiro atoms. The third kappa shape index (κ3) is 2.98. The van der Waals surface area contributed by atoms with Gasteiger partial charge in [-0.1, -0.05) is 46.9 Å². The molecular formula is C10H8Cl3NOS. The van der Waals surface area contributed by atoms with Gasteiger partial charge in [0.05, 0.1) is 13.0 Å². The highest BCUT2D eigenvalue weighted by Gasteiger charge is 2.41. The second kappa shape index (κ2) is 4.65. The number of hydrogen-bond acceptors (Lipinski definition) is 2. The number of alkyl halides is 2. The highest BCUT2D eigenvalue weighted by molar-refractivity contribution is 8.02. The fourth-order valence-electron chi connectivity index (χ4n) is 1.38. The molecule has 0 saturated carbocycles. The quantitative estimate of drug-likeness (QED) is 0.610. The van der Waals surface area contributed by atoms with E-state index in [1.165, 1.54) is 0 Å². The van der Waals surface area contributed by atoms with E-state index in [-0.39, 0.29) is 12.3 Å². The Kier molecular flexibility index (Phi) is 3.59. The molecule has 2 rings (SSSR count). The lowest BCUT2D eigenvalue weighted by atomic mass is 10.2. The molecule has 0 radical (unpaired) electrons. The highest BCUT2D eigenvalue weighted by atomic mass is 35.5. The van der Waals surface area contributed by atoms with Gasteiger partial charge in [-0.2, -0.15) is 0 Å². The van der Waals surface area contributed by atoms with Crippen molar-refractivity contribution in [1.82, 2.24) is 4.31 Å². The normalized spacial score (nSPS) is 19.2. The number of carbonyl (C=O) groups is 1. The van der Waals surface area contributed by atoms with Crippen LogP contribution in [0.15, 0.2) is 24.3 Å². The highest BCUT2D eigenvalue weighted by Crippen LogP contribution is 2.47. The first kappa shape index (κ1) is 12.4. The van der Waals surface area contributed by atoms with Crippen LogP contribution in [-0.2, 0) is 11.3 Å². The summed E-state index contributed by atoms with van der Waals surface area (Å²) < 4.78 is 0.548. The molecular weight excluding hydrogens is 289 g/mol. The summed E-state index contributed by atoms with van der Waals surface area (Å²) in [5.74, 6) is -0.0510. The van der Waals surface area contributed by atoms with Crippen LogP contribution in [0.2, 0.25) is 5.02 Å². The van der Waals surface area contributed by atoms with Gasteiger partial charge >= 0.3 is 0 Å². The molecule has 1 heterocycles. The van der Waals surface area contributed by atoms with E-state index in [1.54, 1.807) is 16.4 Å². The number of benzene rings is 1. The molecule has 86 valence electrons. The van der Waals surface area contributed by atoms with E-state index in [2.05, 4.69) is 0 Å².